The second kappa shape index (κ2) is 3.01. The normalized spacial score (nSPS) is 19.4. The molecule has 16 heavy (non-hydrogen) atoms. The van der Waals surface area contributed by atoms with Crippen LogP contribution in [0.5, 0.6) is 0 Å². The highest BCUT2D eigenvalue weighted by molar-refractivity contribution is 5.86. The summed E-state index contributed by atoms with van der Waals surface area (Å²) in [6.45, 7) is 0. The van der Waals surface area contributed by atoms with E-state index in [9.17, 15) is 18.3 Å². The van der Waals surface area contributed by atoms with Gasteiger partial charge < -0.3 is 10.1 Å². The Hall–Kier alpha value is -1.49. The first-order valence-electron chi connectivity index (χ1n) is 4.95. The molecule has 84 valence electrons. The van der Waals surface area contributed by atoms with Crippen molar-refractivity contribution in [3.63, 3.8) is 0 Å². The highest BCUT2D eigenvalue weighted by Crippen LogP contribution is 2.38. The van der Waals surface area contributed by atoms with Crippen LogP contribution in [0.3, 0.4) is 0 Å². The lowest BCUT2D eigenvalue weighted by Crippen LogP contribution is -1.95. The van der Waals surface area contributed by atoms with E-state index in [-0.39, 0.29) is 10.9 Å². The first kappa shape index (κ1) is 9.72. The molecular weight excluding hydrogens is 219 g/mol. The Labute approximate surface area is 88.7 Å². The van der Waals surface area contributed by atoms with Crippen LogP contribution >= 0.6 is 0 Å². The fraction of sp³-hybridized carbons (Fsp3) is 0.273. The van der Waals surface area contributed by atoms with Gasteiger partial charge in [-0.05, 0) is 12.8 Å². The number of rotatable bonds is 0. The van der Waals surface area contributed by atoms with Crippen molar-refractivity contribution >= 4 is 10.9 Å². The van der Waals surface area contributed by atoms with Crippen molar-refractivity contribution in [2.24, 2.45) is 0 Å². The number of hydrogen-bond acceptors (Lipinski definition) is 1. The Morgan fingerprint density at radius 3 is 2.75 bits per heavy atom. The van der Waals surface area contributed by atoms with Gasteiger partial charge in [0, 0.05) is 22.7 Å². The molecule has 0 radical (unpaired) electrons. The Morgan fingerprint density at radius 2 is 2.00 bits per heavy atom. The summed E-state index contributed by atoms with van der Waals surface area (Å²) in [6, 6.07) is 0.915. The number of aromatic amines is 1. The number of fused-ring (bicyclic) bond motifs is 3. The van der Waals surface area contributed by atoms with Gasteiger partial charge in [0.2, 0.25) is 0 Å². The Morgan fingerprint density at radius 1 is 1.25 bits per heavy atom. The molecule has 2 nitrogen and oxygen atoms in total. The minimum Gasteiger partial charge on any atom is -0.388 e. The van der Waals surface area contributed by atoms with Gasteiger partial charge in [0.15, 0.2) is 17.5 Å². The summed E-state index contributed by atoms with van der Waals surface area (Å²) in [5.41, 5.74) is 1.22. The monoisotopic (exact) mass is 227 g/mol. The van der Waals surface area contributed by atoms with E-state index in [2.05, 4.69) is 4.98 Å². The zero-order valence-electron chi connectivity index (χ0n) is 8.15. The van der Waals surface area contributed by atoms with Crippen LogP contribution in [0.15, 0.2) is 6.07 Å². The fourth-order valence-corrected chi connectivity index (χ4v) is 2.33. The van der Waals surface area contributed by atoms with Crippen molar-refractivity contribution in [3.05, 3.63) is 34.8 Å². The highest BCUT2D eigenvalue weighted by atomic mass is 19.2. The van der Waals surface area contributed by atoms with E-state index in [0.717, 1.165) is 6.07 Å². The van der Waals surface area contributed by atoms with Crippen molar-refractivity contribution in [3.8, 4) is 0 Å². The predicted octanol–water partition coefficient (Wildman–Crippen LogP) is 2.56. The number of benzene rings is 1. The average molecular weight is 227 g/mol. The smallest absolute Gasteiger partial charge is 0.195 e. The number of aryl methyl sites for hydroxylation is 1. The molecule has 5 heteroatoms. The van der Waals surface area contributed by atoms with Gasteiger partial charge in [-0.2, -0.15) is 0 Å². The second-order valence-electron chi connectivity index (χ2n) is 3.98. The molecule has 2 aromatic rings. The number of hydrogen-bond donors (Lipinski definition) is 2. The molecule has 1 heterocycles. The third kappa shape index (κ3) is 1.06. The van der Waals surface area contributed by atoms with Crippen molar-refractivity contribution in [2.45, 2.75) is 18.9 Å². The van der Waals surface area contributed by atoms with Gasteiger partial charge in [0.1, 0.15) is 0 Å². The SMILES string of the molecule is OC1CCc2[nH]c3cc(F)c(F)c(F)c3c21. The molecule has 0 spiro atoms. The lowest BCUT2D eigenvalue weighted by molar-refractivity contribution is 0.181. The number of aliphatic hydroxyl groups excluding tert-OH is 1. The number of aromatic nitrogens is 1. The quantitative estimate of drug-likeness (QED) is 0.666. The van der Waals surface area contributed by atoms with E-state index < -0.39 is 23.6 Å². The van der Waals surface area contributed by atoms with Gasteiger partial charge in [-0.15, -0.1) is 0 Å². The summed E-state index contributed by atoms with van der Waals surface area (Å²) in [5, 5.41) is 9.62. The van der Waals surface area contributed by atoms with Crippen LogP contribution in [0.1, 0.15) is 23.8 Å². The molecule has 1 atom stereocenters. The minimum atomic E-state index is -1.49. The van der Waals surface area contributed by atoms with Gasteiger partial charge in [-0.1, -0.05) is 0 Å². The minimum absolute atomic E-state index is 0.0288. The van der Waals surface area contributed by atoms with E-state index in [0.29, 0.717) is 24.1 Å². The molecule has 2 N–H and O–H groups in total. The molecule has 0 saturated heterocycles. The lowest BCUT2D eigenvalue weighted by Gasteiger charge is -2.03. The molecule has 1 unspecified atom stereocenters. The maximum atomic E-state index is 13.6. The maximum absolute atomic E-state index is 13.6. The van der Waals surface area contributed by atoms with Gasteiger partial charge >= 0.3 is 0 Å². The Bertz CT molecular complexity index is 591. The van der Waals surface area contributed by atoms with Crippen LogP contribution in [-0.4, -0.2) is 10.1 Å². The zero-order valence-corrected chi connectivity index (χ0v) is 8.15. The maximum Gasteiger partial charge on any atom is 0.195 e. The van der Waals surface area contributed by atoms with E-state index in [1.165, 1.54) is 0 Å². The zero-order chi connectivity index (χ0) is 11.4. The van der Waals surface area contributed by atoms with E-state index in [4.69, 9.17) is 0 Å². The van der Waals surface area contributed by atoms with Gasteiger partial charge in [-0.3, -0.25) is 0 Å². The van der Waals surface area contributed by atoms with E-state index >= 15 is 0 Å². The Balaban J connectivity index is 2.45. The summed E-state index contributed by atoms with van der Waals surface area (Å²) in [6.07, 6.45) is 0.242. The molecule has 0 aliphatic heterocycles. The summed E-state index contributed by atoms with van der Waals surface area (Å²) in [5.74, 6) is -3.94. The predicted molar refractivity (Wildman–Crippen MR) is 51.5 cm³/mol. The highest BCUT2D eigenvalue weighted by Gasteiger charge is 2.29. The van der Waals surface area contributed by atoms with Crippen LogP contribution in [0.2, 0.25) is 0 Å². The molecule has 0 amide bonds. The van der Waals surface area contributed by atoms with Crippen LogP contribution in [0.4, 0.5) is 13.2 Å². The topological polar surface area (TPSA) is 36.0 Å². The second-order valence-corrected chi connectivity index (χ2v) is 3.98. The summed E-state index contributed by atoms with van der Waals surface area (Å²) < 4.78 is 39.6. The lowest BCUT2D eigenvalue weighted by atomic mass is 10.1. The average Bonchev–Trinajstić information content (AvgIpc) is 2.76. The first-order valence-corrected chi connectivity index (χ1v) is 4.95. The van der Waals surface area contributed by atoms with Crippen LogP contribution in [0.25, 0.3) is 10.9 Å². The largest absolute Gasteiger partial charge is 0.388 e. The van der Waals surface area contributed by atoms with E-state index in [1.807, 2.05) is 0 Å². The number of halogens is 3. The molecule has 1 aliphatic rings. The molecular formula is C11H8F3NO. The molecule has 3 rings (SSSR count). The summed E-state index contributed by atoms with van der Waals surface area (Å²) in [4.78, 5) is 2.81. The first-order chi connectivity index (χ1) is 7.59. The number of nitrogens with one attached hydrogen (secondary N) is 1. The van der Waals surface area contributed by atoms with Crippen molar-refractivity contribution in [2.75, 3.05) is 0 Å². The van der Waals surface area contributed by atoms with Gasteiger partial charge in [-0.25, -0.2) is 13.2 Å². The van der Waals surface area contributed by atoms with Crippen LogP contribution < -0.4 is 0 Å². The Kier molecular flexibility index (Phi) is 1.83. The third-order valence-corrected chi connectivity index (χ3v) is 3.04. The molecule has 1 aromatic carbocycles. The van der Waals surface area contributed by atoms with Gasteiger partial charge in [0.25, 0.3) is 0 Å². The standard InChI is InChI=1S/C11H8F3NO/c12-4-3-6-9(11(14)10(4)13)8-5(15-6)1-2-7(8)16/h3,7,15-16H,1-2H2. The van der Waals surface area contributed by atoms with Crippen molar-refractivity contribution < 1.29 is 18.3 Å². The van der Waals surface area contributed by atoms with Crippen LogP contribution in [-0.2, 0) is 6.42 Å². The number of aliphatic hydroxyl groups is 1. The molecule has 1 aliphatic carbocycles. The molecule has 0 fully saturated rings. The fourth-order valence-electron chi connectivity index (χ4n) is 2.33. The van der Waals surface area contributed by atoms with Crippen LogP contribution in [0, 0.1) is 17.5 Å². The van der Waals surface area contributed by atoms with Gasteiger partial charge in [0.05, 0.1) is 11.6 Å². The van der Waals surface area contributed by atoms with Crippen molar-refractivity contribution in [1.29, 1.82) is 0 Å². The molecule has 0 bridgehead atoms. The third-order valence-electron chi connectivity index (χ3n) is 3.04. The van der Waals surface area contributed by atoms with Crippen molar-refractivity contribution in [1.82, 2.24) is 4.98 Å². The summed E-state index contributed by atoms with van der Waals surface area (Å²) in [7, 11) is 0. The van der Waals surface area contributed by atoms with E-state index in [1.54, 1.807) is 0 Å². The number of H-pyrrole nitrogens is 1. The summed E-state index contributed by atoms with van der Waals surface area (Å²) >= 11 is 0. The molecule has 1 aromatic heterocycles. The molecule has 0 saturated carbocycles.